The van der Waals surface area contributed by atoms with Crippen LogP contribution in [0.5, 0.6) is 0 Å². The summed E-state index contributed by atoms with van der Waals surface area (Å²) in [7, 11) is -3.37. The number of rotatable bonds is 8. The lowest BCUT2D eigenvalue weighted by molar-refractivity contribution is -0.115. The van der Waals surface area contributed by atoms with Crippen LogP contribution in [0.15, 0.2) is 64.0 Å². The normalized spacial score (nSPS) is 14.3. The smallest absolute Gasteiger partial charge is 0.247 e. The number of amides is 1. The fraction of sp³-hybridized carbons (Fsp3) is 0.231. The molecule has 0 aliphatic heterocycles. The molecular formula is C26H21Cl2FN4O4S. The molecule has 1 N–H and O–H groups in total. The van der Waals surface area contributed by atoms with Gasteiger partial charge in [0.2, 0.25) is 17.7 Å². The summed E-state index contributed by atoms with van der Waals surface area (Å²) in [6, 6.07) is 11.9. The van der Waals surface area contributed by atoms with Crippen molar-refractivity contribution in [2.75, 3.05) is 11.1 Å². The second kappa shape index (κ2) is 10.1. The average Bonchev–Trinajstić information content (AvgIpc) is 3.51. The maximum absolute atomic E-state index is 13.3. The fourth-order valence-electron chi connectivity index (χ4n) is 4.16. The number of anilines is 1. The monoisotopic (exact) mass is 574 g/mol. The van der Waals surface area contributed by atoms with Crippen LogP contribution in [0.25, 0.3) is 11.5 Å². The Hall–Kier alpha value is -3.34. The second-order valence-electron chi connectivity index (χ2n) is 8.93. The van der Waals surface area contributed by atoms with Gasteiger partial charge in [-0.2, -0.15) is 0 Å². The van der Waals surface area contributed by atoms with Gasteiger partial charge in [-0.1, -0.05) is 30.1 Å². The summed E-state index contributed by atoms with van der Waals surface area (Å²) < 4.78 is 43.1. The van der Waals surface area contributed by atoms with E-state index in [2.05, 4.69) is 20.5 Å². The number of halogens is 3. The summed E-state index contributed by atoms with van der Waals surface area (Å²) in [6.07, 6.45) is 2.57. The van der Waals surface area contributed by atoms with E-state index in [1.807, 2.05) is 0 Å². The number of hydrogen-bond donors (Lipinski definition) is 1. The van der Waals surface area contributed by atoms with E-state index in [0.29, 0.717) is 51.3 Å². The van der Waals surface area contributed by atoms with E-state index in [1.54, 1.807) is 31.2 Å². The molecule has 12 heteroatoms. The van der Waals surface area contributed by atoms with Crippen LogP contribution in [0.1, 0.15) is 36.9 Å². The summed E-state index contributed by atoms with van der Waals surface area (Å²) in [4.78, 5) is 16.8. The van der Waals surface area contributed by atoms with Gasteiger partial charge in [-0.3, -0.25) is 9.78 Å². The molecule has 8 nitrogen and oxygen atoms in total. The zero-order valence-corrected chi connectivity index (χ0v) is 22.4. The van der Waals surface area contributed by atoms with Crippen LogP contribution in [0.2, 0.25) is 10.0 Å². The van der Waals surface area contributed by atoms with E-state index < -0.39 is 15.3 Å². The van der Waals surface area contributed by atoms with Gasteiger partial charge in [0, 0.05) is 38.8 Å². The third-order valence-electron chi connectivity index (χ3n) is 6.36. The number of aromatic nitrogens is 3. The largest absolute Gasteiger partial charge is 0.420 e. The van der Waals surface area contributed by atoms with Crippen LogP contribution in [0, 0.1) is 5.82 Å². The van der Waals surface area contributed by atoms with Gasteiger partial charge in [0.25, 0.3) is 0 Å². The van der Waals surface area contributed by atoms with Gasteiger partial charge < -0.3 is 9.73 Å². The van der Waals surface area contributed by atoms with Crippen molar-refractivity contribution in [1.82, 2.24) is 15.2 Å². The topological polar surface area (TPSA) is 115 Å². The van der Waals surface area contributed by atoms with Gasteiger partial charge in [0.1, 0.15) is 5.82 Å². The molecule has 1 fully saturated rings. The molecule has 2 aromatic carbocycles. The van der Waals surface area contributed by atoms with Crippen molar-refractivity contribution in [3.05, 3.63) is 87.7 Å². The molecule has 5 rings (SSSR count). The molecular weight excluding hydrogens is 554 g/mol. The number of hydrogen-bond acceptors (Lipinski definition) is 7. The average molecular weight is 575 g/mol. The third kappa shape index (κ3) is 5.16. The lowest BCUT2D eigenvalue weighted by atomic mass is 9.95. The Balaban J connectivity index is 1.32. The predicted molar refractivity (Wildman–Crippen MR) is 140 cm³/mol. The van der Waals surface area contributed by atoms with Crippen LogP contribution in [-0.4, -0.2) is 35.3 Å². The highest BCUT2D eigenvalue weighted by atomic mass is 35.5. The van der Waals surface area contributed by atoms with Gasteiger partial charge in [-0.05, 0) is 61.4 Å². The number of sulfone groups is 1. The molecule has 2 heterocycles. The van der Waals surface area contributed by atoms with Crippen molar-refractivity contribution in [1.29, 1.82) is 0 Å². The van der Waals surface area contributed by atoms with E-state index in [9.17, 15) is 17.6 Å². The minimum Gasteiger partial charge on any atom is -0.420 e. The molecule has 0 saturated heterocycles. The van der Waals surface area contributed by atoms with Gasteiger partial charge in [-0.25, -0.2) is 12.8 Å². The lowest BCUT2D eigenvalue weighted by Gasteiger charge is -2.17. The van der Waals surface area contributed by atoms with Gasteiger partial charge in [0.05, 0.1) is 22.5 Å². The molecule has 2 aromatic heterocycles. The molecule has 1 saturated carbocycles. The standard InChI is InChI=1S/C26H21Cl2FN4O4S/c1-2-38(35,36)19-8-7-17(30-14-19)13-22(34)31-18-11-20(27)23(21(28)12-18)26(9-10-26)25-33-32-24(37-25)15-3-5-16(29)6-4-15/h3-8,11-12,14H,2,9-10,13H2,1H3,(H,31,34). The Labute approximate surface area is 228 Å². The SMILES string of the molecule is CCS(=O)(=O)c1ccc(CC(=O)Nc2cc(Cl)c(C3(c4nnc(-c5ccc(F)cc5)o4)CC3)c(Cl)c2)nc1. The van der Waals surface area contributed by atoms with E-state index in [1.165, 1.54) is 30.5 Å². The number of carbonyl (C=O) groups is 1. The molecule has 0 bridgehead atoms. The molecule has 0 radical (unpaired) electrons. The first kappa shape index (κ1) is 26.3. The van der Waals surface area contributed by atoms with Crippen LogP contribution in [-0.2, 0) is 26.5 Å². The Bertz CT molecular complexity index is 1600. The molecule has 4 aromatic rings. The minimum absolute atomic E-state index is 0.0325. The van der Waals surface area contributed by atoms with E-state index in [4.69, 9.17) is 27.6 Å². The highest BCUT2D eigenvalue weighted by molar-refractivity contribution is 7.91. The zero-order chi connectivity index (χ0) is 27.1. The number of pyridine rings is 1. The molecule has 0 spiro atoms. The van der Waals surface area contributed by atoms with Gasteiger partial charge in [-0.15, -0.1) is 10.2 Å². The molecule has 1 amide bonds. The molecule has 1 aliphatic carbocycles. The van der Waals surface area contributed by atoms with Crippen molar-refractivity contribution in [2.45, 2.75) is 36.5 Å². The van der Waals surface area contributed by atoms with E-state index >= 15 is 0 Å². The van der Waals surface area contributed by atoms with Gasteiger partial charge >= 0.3 is 0 Å². The highest BCUT2D eigenvalue weighted by Crippen LogP contribution is 2.57. The quantitative estimate of drug-likeness (QED) is 0.290. The van der Waals surface area contributed by atoms with Crippen molar-refractivity contribution < 1.29 is 22.0 Å². The van der Waals surface area contributed by atoms with Crippen molar-refractivity contribution in [2.24, 2.45) is 0 Å². The van der Waals surface area contributed by atoms with Crippen molar-refractivity contribution >= 4 is 44.6 Å². The Morgan fingerprint density at radius 3 is 2.34 bits per heavy atom. The number of nitrogens with zero attached hydrogens (tertiary/aromatic N) is 3. The Morgan fingerprint density at radius 1 is 1.08 bits per heavy atom. The maximum atomic E-state index is 13.3. The van der Waals surface area contributed by atoms with Crippen molar-refractivity contribution in [3.63, 3.8) is 0 Å². The van der Waals surface area contributed by atoms with Crippen LogP contribution in [0.3, 0.4) is 0 Å². The summed E-state index contributed by atoms with van der Waals surface area (Å²) in [5, 5.41) is 11.7. The highest BCUT2D eigenvalue weighted by Gasteiger charge is 2.53. The maximum Gasteiger partial charge on any atom is 0.247 e. The third-order valence-corrected chi connectivity index (χ3v) is 8.67. The van der Waals surface area contributed by atoms with Crippen LogP contribution in [0.4, 0.5) is 10.1 Å². The summed E-state index contributed by atoms with van der Waals surface area (Å²) in [5.41, 5.74) is 1.38. The van der Waals surface area contributed by atoms with E-state index in [-0.39, 0.29) is 34.7 Å². The zero-order valence-electron chi connectivity index (χ0n) is 20.0. The summed E-state index contributed by atoms with van der Waals surface area (Å²) >= 11 is 13.3. The Morgan fingerprint density at radius 2 is 1.76 bits per heavy atom. The lowest BCUT2D eigenvalue weighted by Crippen LogP contribution is -2.16. The number of carbonyl (C=O) groups excluding carboxylic acids is 1. The van der Waals surface area contributed by atoms with Crippen LogP contribution >= 0.6 is 23.2 Å². The Kier molecular flexibility index (Phi) is 6.97. The second-order valence-corrected chi connectivity index (χ2v) is 12.0. The van der Waals surface area contributed by atoms with Crippen LogP contribution < -0.4 is 5.32 Å². The molecule has 38 heavy (non-hydrogen) atoms. The van der Waals surface area contributed by atoms with Gasteiger partial charge in [0.15, 0.2) is 9.84 Å². The summed E-state index contributed by atoms with van der Waals surface area (Å²) in [5.74, 6) is -0.150. The molecule has 0 unspecified atom stereocenters. The molecule has 196 valence electrons. The minimum atomic E-state index is -3.37. The first-order valence-corrected chi connectivity index (χ1v) is 14.1. The fourth-order valence-corrected chi connectivity index (χ4v) is 5.83. The predicted octanol–water partition coefficient (Wildman–Crippen LogP) is 5.63. The van der Waals surface area contributed by atoms with E-state index in [0.717, 1.165) is 0 Å². The molecule has 1 aliphatic rings. The first-order chi connectivity index (χ1) is 18.1. The molecule has 0 atom stereocenters. The van der Waals surface area contributed by atoms with Crippen molar-refractivity contribution in [3.8, 4) is 11.5 Å². The number of nitrogens with one attached hydrogen (secondary N) is 1. The first-order valence-electron chi connectivity index (χ1n) is 11.7. The summed E-state index contributed by atoms with van der Waals surface area (Å²) in [6.45, 7) is 1.55. The number of benzene rings is 2.